The minimum absolute atomic E-state index is 0.0242. The molecule has 0 aromatic heterocycles. The molecule has 1 amide bonds. The first kappa shape index (κ1) is 20.5. The quantitative estimate of drug-likeness (QED) is 0.709. The standard InChI is InChI=1S/C18H20BrFN2O3S/c1-12(13-5-8-15(20)9-6-13)22(4)18(23)14-7-10-16(19)17(11-14)26(24,25)21(2)3/h5-12H,1-4H3. The molecule has 0 aliphatic carbocycles. The molecule has 0 saturated heterocycles. The van der Waals surface area contributed by atoms with Gasteiger partial charge >= 0.3 is 0 Å². The van der Waals surface area contributed by atoms with Crippen LogP contribution in [-0.4, -0.2) is 44.7 Å². The first-order chi connectivity index (χ1) is 12.1. The average molecular weight is 443 g/mol. The van der Waals surface area contributed by atoms with Crippen molar-refractivity contribution >= 4 is 31.9 Å². The van der Waals surface area contributed by atoms with Gasteiger partial charge in [0.2, 0.25) is 10.0 Å². The second kappa shape index (κ2) is 7.85. The van der Waals surface area contributed by atoms with Crippen LogP contribution in [-0.2, 0) is 10.0 Å². The van der Waals surface area contributed by atoms with Gasteiger partial charge in [0.25, 0.3) is 5.91 Å². The number of carbonyl (C=O) groups is 1. The molecule has 0 heterocycles. The van der Waals surface area contributed by atoms with Crippen LogP contribution >= 0.6 is 15.9 Å². The van der Waals surface area contributed by atoms with Crippen LogP contribution in [0.1, 0.15) is 28.9 Å². The fourth-order valence-corrected chi connectivity index (χ4v) is 4.22. The molecule has 140 valence electrons. The van der Waals surface area contributed by atoms with Gasteiger partial charge in [0.1, 0.15) is 5.82 Å². The number of sulfonamides is 1. The molecule has 5 nitrogen and oxygen atoms in total. The summed E-state index contributed by atoms with van der Waals surface area (Å²) < 4.78 is 39.4. The molecule has 26 heavy (non-hydrogen) atoms. The Bertz CT molecular complexity index is 915. The molecular formula is C18H20BrFN2O3S. The molecule has 1 atom stereocenters. The molecule has 0 radical (unpaired) electrons. The Hall–Kier alpha value is -1.77. The van der Waals surface area contributed by atoms with Gasteiger partial charge in [-0.3, -0.25) is 4.79 Å². The van der Waals surface area contributed by atoms with Gasteiger partial charge in [0, 0.05) is 31.2 Å². The summed E-state index contributed by atoms with van der Waals surface area (Å²) in [7, 11) is 0.790. The predicted molar refractivity (Wildman–Crippen MR) is 102 cm³/mol. The number of amides is 1. The smallest absolute Gasteiger partial charge is 0.254 e. The number of carbonyl (C=O) groups excluding carboxylic acids is 1. The summed E-state index contributed by atoms with van der Waals surface area (Å²) in [6.45, 7) is 1.82. The van der Waals surface area contributed by atoms with Crippen LogP contribution in [0, 0.1) is 5.82 Å². The molecule has 2 rings (SSSR count). The summed E-state index contributed by atoms with van der Waals surface area (Å²) in [6, 6.07) is 10.1. The van der Waals surface area contributed by atoms with Crippen molar-refractivity contribution in [3.8, 4) is 0 Å². The number of hydrogen-bond acceptors (Lipinski definition) is 3. The SMILES string of the molecule is CC(c1ccc(F)cc1)N(C)C(=O)c1ccc(Br)c(S(=O)(=O)N(C)C)c1. The maximum Gasteiger partial charge on any atom is 0.254 e. The van der Waals surface area contributed by atoms with E-state index in [1.54, 1.807) is 31.3 Å². The maximum absolute atomic E-state index is 13.1. The Morgan fingerprint density at radius 3 is 2.19 bits per heavy atom. The van der Waals surface area contributed by atoms with E-state index in [1.165, 1.54) is 37.2 Å². The van der Waals surface area contributed by atoms with E-state index in [0.29, 0.717) is 4.47 Å². The van der Waals surface area contributed by atoms with Crippen LogP contribution in [0.25, 0.3) is 0 Å². The average Bonchev–Trinajstić information content (AvgIpc) is 2.60. The largest absolute Gasteiger partial charge is 0.335 e. The highest BCUT2D eigenvalue weighted by atomic mass is 79.9. The zero-order valence-corrected chi connectivity index (χ0v) is 17.3. The normalized spacial score (nSPS) is 12.9. The Morgan fingerprint density at radius 2 is 1.65 bits per heavy atom. The highest BCUT2D eigenvalue weighted by Gasteiger charge is 2.24. The van der Waals surface area contributed by atoms with E-state index in [-0.39, 0.29) is 28.2 Å². The summed E-state index contributed by atoms with van der Waals surface area (Å²) in [5.41, 5.74) is 1.03. The van der Waals surface area contributed by atoms with Crippen molar-refractivity contribution in [2.45, 2.75) is 17.9 Å². The zero-order chi connectivity index (χ0) is 19.6. The molecule has 0 N–H and O–H groups in total. The molecule has 0 bridgehead atoms. The van der Waals surface area contributed by atoms with E-state index >= 15 is 0 Å². The first-order valence-corrected chi connectivity index (χ1v) is 10.0. The molecule has 0 fully saturated rings. The maximum atomic E-state index is 13.1. The van der Waals surface area contributed by atoms with Crippen molar-refractivity contribution in [2.75, 3.05) is 21.1 Å². The van der Waals surface area contributed by atoms with Crippen molar-refractivity contribution in [1.82, 2.24) is 9.21 Å². The molecule has 0 aliphatic heterocycles. The summed E-state index contributed by atoms with van der Waals surface area (Å²) in [6.07, 6.45) is 0. The van der Waals surface area contributed by atoms with Crippen molar-refractivity contribution in [3.63, 3.8) is 0 Å². The molecule has 2 aromatic carbocycles. The van der Waals surface area contributed by atoms with Crippen LogP contribution in [0.4, 0.5) is 4.39 Å². The van der Waals surface area contributed by atoms with Gasteiger partial charge in [0.15, 0.2) is 0 Å². The zero-order valence-electron chi connectivity index (χ0n) is 14.9. The van der Waals surface area contributed by atoms with Crippen molar-refractivity contribution in [3.05, 3.63) is 63.9 Å². The van der Waals surface area contributed by atoms with E-state index in [0.717, 1.165) is 9.87 Å². The molecule has 8 heteroatoms. The van der Waals surface area contributed by atoms with Crippen LogP contribution in [0.3, 0.4) is 0 Å². The topological polar surface area (TPSA) is 57.7 Å². The third-order valence-corrected chi connectivity index (χ3v) is 7.00. The van der Waals surface area contributed by atoms with Crippen LogP contribution in [0.5, 0.6) is 0 Å². The van der Waals surface area contributed by atoms with Crippen molar-refractivity contribution in [2.24, 2.45) is 0 Å². The number of hydrogen-bond donors (Lipinski definition) is 0. The lowest BCUT2D eigenvalue weighted by atomic mass is 10.1. The molecule has 0 spiro atoms. The van der Waals surface area contributed by atoms with Crippen molar-refractivity contribution in [1.29, 1.82) is 0 Å². The fourth-order valence-electron chi connectivity index (χ4n) is 2.38. The number of rotatable bonds is 5. The minimum Gasteiger partial charge on any atom is -0.335 e. The van der Waals surface area contributed by atoms with E-state index in [9.17, 15) is 17.6 Å². The van der Waals surface area contributed by atoms with Gasteiger partial charge < -0.3 is 4.90 Å². The van der Waals surface area contributed by atoms with Gasteiger partial charge in [-0.1, -0.05) is 12.1 Å². The van der Waals surface area contributed by atoms with Gasteiger partial charge in [-0.25, -0.2) is 17.1 Å². The summed E-state index contributed by atoms with van der Waals surface area (Å²) in [4.78, 5) is 14.3. The first-order valence-electron chi connectivity index (χ1n) is 7.80. The van der Waals surface area contributed by atoms with Crippen LogP contribution in [0.2, 0.25) is 0 Å². The van der Waals surface area contributed by atoms with Gasteiger partial charge in [-0.2, -0.15) is 0 Å². The lowest BCUT2D eigenvalue weighted by molar-refractivity contribution is 0.0742. The van der Waals surface area contributed by atoms with Gasteiger partial charge in [-0.05, 0) is 58.7 Å². The van der Waals surface area contributed by atoms with E-state index in [4.69, 9.17) is 0 Å². The molecular weight excluding hydrogens is 423 g/mol. The van der Waals surface area contributed by atoms with Crippen LogP contribution < -0.4 is 0 Å². The fraction of sp³-hybridized carbons (Fsp3) is 0.278. The number of halogens is 2. The van der Waals surface area contributed by atoms with Gasteiger partial charge in [-0.15, -0.1) is 0 Å². The minimum atomic E-state index is -3.69. The summed E-state index contributed by atoms with van der Waals surface area (Å²) >= 11 is 3.23. The third-order valence-electron chi connectivity index (χ3n) is 4.19. The third kappa shape index (κ3) is 4.13. The second-order valence-electron chi connectivity index (χ2n) is 6.08. The highest BCUT2D eigenvalue weighted by molar-refractivity contribution is 9.10. The highest BCUT2D eigenvalue weighted by Crippen LogP contribution is 2.27. The molecule has 0 saturated carbocycles. The molecule has 0 aliphatic rings. The second-order valence-corrected chi connectivity index (χ2v) is 9.05. The lowest BCUT2D eigenvalue weighted by Crippen LogP contribution is -2.30. The van der Waals surface area contributed by atoms with Gasteiger partial charge in [0.05, 0.1) is 10.9 Å². The summed E-state index contributed by atoms with van der Waals surface area (Å²) in [5, 5.41) is 0. The van der Waals surface area contributed by atoms with Crippen LogP contribution in [0.15, 0.2) is 51.8 Å². The van der Waals surface area contributed by atoms with E-state index in [1.807, 2.05) is 6.92 Å². The number of benzene rings is 2. The molecule has 2 aromatic rings. The monoisotopic (exact) mass is 442 g/mol. The Morgan fingerprint density at radius 1 is 1.08 bits per heavy atom. The van der Waals surface area contributed by atoms with E-state index in [2.05, 4.69) is 15.9 Å². The van der Waals surface area contributed by atoms with E-state index < -0.39 is 10.0 Å². The summed E-state index contributed by atoms with van der Waals surface area (Å²) in [5.74, 6) is -0.675. The number of nitrogens with zero attached hydrogens (tertiary/aromatic N) is 2. The Kier molecular flexibility index (Phi) is 6.21. The molecule has 1 unspecified atom stereocenters. The van der Waals surface area contributed by atoms with Crippen molar-refractivity contribution < 1.29 is 17.6 Å². The predicted octanol–water partition coefficient (Wildman–Crippen LogP) is 3.67. The Labute approximate surface area is 161 Å². The lowest BCUT2D eigenvalue weighted by Gasteiger charge is -2.26. The Balaban J connectivity index is 2.36.